The van der Waals surface area contributed by atoms with Crippen LogP contribution in [-0.2, 0) is 0 Å². The van der Waals surface area contributed by atoms with E-state index in [1.807, 2.05) is 25.1 Å². The highest BCUT2D eigenvalue weighted by Crippen LogP contribution is 2.30. The van der Waals surface area contributed by atoms with Gasteiger partial charge in [-0.1, -0.05) is 26.2 Å². The zero-order chi connectivity index (χ0) is 13.2. The van der Waals surface area contributed by atoms with Crippen molar-refractivity contribution < 1.29 is 9.47 Å². The van der Waals surface area contributed by atoms with Gasteiger partial charge in [0.2, 0.25) is 0 Å². The number of rotatable bonds is 9. The minimum atomic E-state index is 0.649. The molecule has 0 fully saturated rings. The summed E-state index contributed by atoms with van der Waals surface area (Å²) >= 11 is 0. The van der Waals surface area contributed by atoms with Gasteiger partial charge in [0, 0.05) is 18.3 Å². The number of nitrogens with one attached hydrogen (secondary N) is 1. The maximum Gasteiger partial charge on any atom is 0.163 e. The first kappa shape index (κ1) is 14.7. The molecule has 1 aromatic carbocycles. The first-order valence-electron chi connectivity index (χ1n) is 6.86. The van der Waals surface area contributed by atoms with Crippen LogP contribution in [0.25, 0.3) is 0 Å². The minimum Gasteiger partial charge on any atom is -0.493 e. The van der Waals surface area contributed by atoms with Crippen molar-refractivity contribution in [1.29, 1.82) is 0 Å². The standard InChI is InChI=1S/C15H25NO2/c1-4-6-7-8-11-16-13-9-10-14(17-3)15(12-13)18-5-2/h9-10,12,16H,4-8,11H2,1-3H3. The summed E-state index contributed by atoms with van der Waals surface area (Å²) in [5.41, 5.74) is 1.09. The summed E-state index contributed by atoms with van der Waals surface area (Å²) in [6, 6.07) is 5.97. The second-order valence-electron chi connectivity index (χ2n) is 4.29. The van der Waals surface area contributed by atoms with Crippen LogP contribution in [0.15, 0.2) is 18.2 Å². The van der Waals surface area contributed by atoms with E-state index in [9.17, 15) is 0 Å². The molecule has 0 aliphatic carbocycles. The highest BCUT2D eigenvalue weighted by molar-refractivity contribution is 5.54. The summed E-state index contributed by atoms with van der Waals surface area (Å²) in [6.07, 6.45) is 5.09. The Morgan fingerprint density at radius 1 is 1.06 bits per heavy atom. The Morgan fingerprint density at radius 3 is 2.56 bits per heavy atom. The molecule has 0 radical (unpaired) electrons. The lowest BCUT2D eigenvalue weighted by Gasteiger charge is -2.12. The van der Waals surface area contributed by atoms with Gasteiger partial charge in [0.1, 0.15) is 0 Å². The van der Waals surface area contributed by atoms with E-state index < -0.39 is 0 Å². The van der Waals surface area contributed by atoms with Gasteiger partial charge in [0.25, 0.3) is 0 Å². The zero-order valence-electron chi connectivity index (χ0n) is 11.8. The molecule has 0 aromatic heterocycles. The van der Waals surface area contributed by atoms with Crippen LogP contribution < -0.4 is 14.8 Å². The SMILES string of the molecule is CCCCCCNc1ccc(OC)c(OCC)c1. The molecular formula is C15H25NO2. The zero-order valence-corrected chi connectivity index (χ0v) is 11.8. The van der Waals surface area contributed by atoms with Gasteiger partial charge in [0.15, 0.2) is 11.5 Å². The van der Waals surface area contributed by atoms with E-state index in [1.54, 1.807) is 7.11 Å². The second-order valence-corrected chi connectivity index (χ2v) is 4.29. The van der Waals surface area contributed by atoms with Crippen LogP contribution in [0.1, 0.15) is 39.5 Å². The van der Waals surface area contributed by atoms with Crippen molar-refractivity contribution in [3.05, 3.63) is 18.2 Å². The molecule has 1 rings (SSSR count). The van der Waals surface area contributed by atoms with E-state index in [2.05, 4.69) is 12.2 Å². The molecule has 0 spiro atoms. The highest BCUT2D eigenvalue weighted by atomic mass is 16.5. The fourth-order valence-corrected chi connectivity index (χ4v) is 1.84. The van der Waals surface area contributed by atoms with Crippen molar-refractivity contribution in [2.24, 2.45) is 0 Å². The maximum absolute atomic E-state index is 5.55. The summed E-state index contributed by atoms with van der Waals surface area (Å²) in [4.78, 5) is 0. The van der Waals surface area contributed by atoms with Gasteiger partial charge in [-0.2, -0.15) is 0 Å². The number of benzene rings is 1. The Hall–Kier alpha value is -1.38. The summed E-state index contributed by atoms with van der Waals surface area (Å²) in [5, 5.41) is 3.42. The van der Waals surface area contributed by atoms with Crippen molar-refractivity contribution in [1.82, 2.24) is 0 Å². The molecule has 0 saturated heterocycles. The normalized spacial score (nSPS) is 10.2. The number of unbranched alkanes of at least 4 members (excludes halogenated alkanes) is 3. The van der Waals surface area contributed by atoms with E-state index in [4.69, 9.17) is 9.47 Å². The summed E-state index contributed by atoms with van der Waals surface area (Å²) in [7, 11) is 1.66. The Bertz CT molecular complexity index is 339. The molecule has 102 valence electrons. The van der Waals surface area contributed by atoms with Crippen LogP contribution in [0.3, 0.4) is 0 Å². The largest absolute Gasteiger partial charge is 0.493 e. The molecule has 0 unspecified atom stereocenters. The lowest BCUT2D eigenvalue weighted by atomic mass is 10.2. The van der Waals surface area contributed by atoms with E-state index >= 15 is 0 Å². The van der Waals surface area contributed by atoms with Gasteiger partial charge in [0.05, 0.1) is 13.7 Å². The summed E-state index contributed by atoms with van der Waals surface area (Å²) < 4.78 is 10.8. The average molecular weight is 251 g/mol. The lowest BCUT2D eigenvalue weighted by molar-refractivity contribution is 0.311. The van der Waals surface area contributed by atoms with Crippen molar-refractivity contribution in [3.63, 3.8) is 0 Å². The number of hydrogen-bond donors (Lipinski definition) is 1. The van der Waals surface area contributed by atoms with E-state index in [0.717, 1.165) is 23.7 Å². The monoisotopic (exact) mass is 251 g/mol. The third kappa shape index (κ3) is 4.86. The third-order valence-electron chi connectivity index (χ3n) is 2.82. The molecule has 0 amide bonds. The van der Waals surface area contributed by atoms with Gasteiger partial charge in [-0.15, -0.1) is 0 Å². The molecule has 1 N–H and O–H groups in total. The fourth-order valence-electron chi connectivity index (χ4n) is 1.84. The lowest BCUT2D eigenvalue weighted by Crippen LogP contribution is -2.02. The molecular weight excluding hydrogens is 226 g/mol. The van der Waals surface area contributed by atoms with E-state index in [1.165, 1.54) is 25.7 Å². The molecule has 0 bridgehead atoms. The Kier molecular flexibility index (Phi) is 7.07. The summed E-state index contributed by atoms with van der Waals surface area (Å²) in [6.45, 7) is 5.86. The number of methoxy groups -OCH3 is 1. The van der Waals surface area contributed by atoms with Crippen LogP contribution in [0.5, 0.6) is 11.5 Å². The molecule has 0 saturated carbocycles. The topological polar surface area (TPSA) is 30.5 Å². The quantitative estimate of drug-likeness (QED) is 0.671. The highest BCUT2D eigenvalue weighted by Gasteiger charge is 2.04. The third-order valence-corrected chi connectivity index (χ3v) is 2.82. The van der Waals surface area contributed by atoms with Gasteiger partial charge in [-0.3, -0.25) is 0 Å². The van der Waals surface area contributed by atoms with Gasteiger partial charge in [-0.05, 0) is 25.5 Å². The van der Waals surface area contributed by atoms with E-state index in [0.29, 0.717) is 6.61 Å². The van der Waals surface area contributed by atoms with Crippen molar-refractivity contribution >= 4 is 5.69 Å². The molecule has 0 aliphatic rings. The smallest absolute Gasteiger partial charge is 0.163 e. The first-order valence-corrected chi connectivity index (χ1v) is 6.86. The number of hydrogen-bond acceptors (Lipinski definition) is 3. The van der Waals surface area contributed by atoms with Crippen LogP contribution in [0.2, 0.25) is 0 Å². The number of anilines is 1. The average Bonchev–Trinajstić information content (AvgIpc) is 2.39. The molecule has 0 heterocycles. The predicted octanol–water partition coefficient (Wildman–Crippen LogP) is 4.09. The maximum atomic E-state index is 5.55. The minimum absolute atomic E-state index is 0.649. The fraction of sp³-hybridized carbons (Fsp3) is 0.600. The second kappa shape index (κ2) is 8.67. The molecule has 3 nitrogen and oxygen atoms in total. The van der Waals surface area contributed by atoms with Crippen LogP contribution in [0.4, 0.5) is 5.69 Å². The predicted molar refractivity (Wildman–Crippen MR) is 76.8 cm³/mol. The summed E-state index contributed by atoms with van der Waals surface area (Å²) in [5.74, 6) is 1.59. The van der Waals surface area contributed by atoms with Gasteiger partial charge in [-0.25, -0.2) is 0 Å². The van der Waals surface area contributed by atoms with Crippen molar-refractivity contribution in [2.45, 2.75) is 39.5 Å². The molecule has 0 aliphatic heterocycles. The van der Waals surface area contributed by atoms with Crippen LogP contribution in [0, 0.1) is 0 Å². The van der Waals surface area contributed by atoms with Crippen LogP contribution in [-0.4, -0.2) is 20.3 Å². The first-order chi connectivity index (χ1) is 8.81. The van der Waals surface area contributed by atoms with Crippen LogP contribution >= 0.6 is 0 Å². The molecule has 18 heavy (non-hydrogen) atoms. The number of ether oxygens (including phenoxy) is 2. The van der Waals surface area contributed by atoms with Crippen molar-refractivity contribution in [2.75, 3.05) is 25.6 Å². The molecule has 0 atom stereocenters. The molecule has 3 heteroatoms. The Labute approximate surface area is 110 Å². The Morgan fingerprint density at radius 2 is 1.89 bits per heavy atom. The van der Waals surface area contributed by atoms with Crippen molar-refractivity contribution in [3.8, 4) is 11.5 Å². The van der Waals surface area contributed by atoms with Gasteiger partial charge >= 0.3 is 0 Å². The Balaban J connectivity index is 2.48. The van der Waals surface area contributed by atoms with Gasteiger partial charge < -0.3 is 14.8 Å². The molecule has 1 aromatic rings. The van der Waals surface area contributed by atoms with E-state index in [-0.39, 0.29) is 0 Å².